The largest absolute Gasteiger partial charge is 0.322 e. The molecule has 3 rings (SSSR count). The second-order valence-corrected chi connectivity index (χ2v) is 5.95. The van der Waals surface area contributed by atoms with E-state index in [9.17, 15) is 9.59 Å². The van der Waals surface area contributed by atoms with Gasteiger partial charge in [0, 0.05) is 12.6 Å². The molecule has 4 nitrogen and oxygen atoms in total. The minimum atomic E-state index is -0.304. The van der Waals surface area contributed by atoms with Crippen molar-refractivity contribution in [1.29, 1.82) is 0 Å². The van der Waals surface area contributed by atoms with Crippen LogP contribution in [0.25, 0.3) is 0 Å². The third kappa shape index (κ3) is 2.14. The molecule has 1 aliphatic carbocycles. The van der Waals surface area contributed by atoms with E-state index < -0.39 is 0 Å². The Morgan fingerprint density at radius 1 is 1.25 bits per heavy atom. The summed E-state index contributed by atoms with van der Waals surface area (Å²) in [6.07, 6.45) is 2.70. The summed E-state index contributed by atoms with van der Waals surface area (Å²) in [6.45, 7) is 2.31. The van der Waals surface area contributed by atoms with Gasteiger partial charge in [-0.25, -0.2) is 0 Å². The lowest BCUT2D eigenvalue weighted by molar-refractivity contribution is -0.140. The number of carbonyl (C=O) groups is 2. The number of rotatable bonds is 3. The predicted molar refractivity (Wildman–Crippen MR) is 75.7 cm³/mol. The highest BCUT2D eigenvalue weighted by Gasteiger charge is 2.49. The summed E-state index contributed by atoms with van der Waals surface area (Å²) in [5.41, 5.74) is 8.28. The van der Waals surface area contributed by atoms with Crippen LogP contribution >= 0.6 is 0 Å². The van der Waals surface area contributed by atoms with Crippen molar-refractivity contribution in [3.63, 3.8) is 0 Å². The quantitative estimate of drug-likeness (QED) is 0.853. The van der Waals surface area contributed by atoms with Crippen LogP contribution in [0.15, 0.2) is 24.3 Å². The molecule has 2 aliphatic rings. The first-order valence-electron chi connectivity index (χ1n) is 7.25. The van der Waals surface area contributed by atoms with Gasteiger partial charge in [0.25, 0.3) is 0 Å². The van der Waals surface area contributed by atoms with Crippen molar-refractivity contribution in [2.75, 3.05) is 6.54 Å². The summed E-state index contributed by atoms with van der Waals surface area (Å²) >= 11 is 0. The fourth-order valence-electron chi connectivity index (χ4n) is 3.44. The van der Waals surface area contributed by atoms with E-state index in [1.54, 1.807) is 0 Å². The molecular weight excluding hydrogens is 252 g/mol. The lowest BCUT2D eigenvalue weighted by atomic mass is 10.00. The molecule has 4 heteroatoms. The standard InChI is InChI=1S/C16H20N2O2/c1-10-4-2-5-11(8-10)14(17)9-18-15(19)12-6-3-7-13(12)16(18)20/h2,4-5,8,12-14H,3,6-7,9,17H2,1H3. The molecule has 3 atom stereocenters. The van der Waals surface area contributed by atoms with Crippen LogP contribution in [0.1, 0.15) is 36.4 Å². The number of aryl methyl sites for hydroxylation is 1. The maximum Gasteiger partial charge on any atom is 0.233 e. The number of likely N-dealkylation sites (tertiary alicyclic amines) is 1. The van der Waals surface area contributed by atoms with Gasteiger partial charge < -0.3 is 5.73 Å². The van der Waals surface area contributed by atoms with E-state index in [1.165, 1.54) is 4.90 Å². The van der Waals surface area contributed by atoms with Gasteiger partial charge >= 0.3 is 0 Å². The molecule has 106 valence electrons. The van der Waals surface area contributed by atoms with Gasteiger partial charge in [0.2, 0.25) is 11.8 Å². The van der Waals surface area contributed by atoms with Crippen molar-refractivity contribution in [3.05, 3.63) is 35.4 Å². The zero-order valence-electron chi connectivity index (χ0n) is 11.7. The zero-order chi connectivity index (χ0) is 14.3. The maximum absolute atomic E-state index is 12.3. The van der Waals surface area contributed by atoms with Crippen LogP contribution in [0, 0.1) is 18.8 Å². The zero-order valence-corrected chi connectivity index (χ0v) is 11.7. The minimum absolute atomic E-state index is 0.0133. The van der Waals surface area contributed by atoms with Gasteiger partial charge in [-0.15, -0.1) is 0 Å². The van der Waals surface area contributed by atoms with E-state index in [-0.39, 0.29) is 29.7 Å². The van der Waals surface area contributed by atoms with Gasteiger partial charge in [-0.3, -0.25) is 14.5 Å². The molecule has 0 spiro atoms. The Kier molecular flexibility index (Phi) is 3.34. The number of benzene rings is 1. The first-order valence-corrected chi connectivity index (χ1v) is 7.25. The molecule has 3 unspecified atom stereocenters. The Morgan fingerprint density at radius 2 is 1.90 bits per heavy atom. The fourth-order valence-corrected chi connectivity index (χ4v) is 3.44. The van der Waals surface area contributed by atoms with Crippen LogP contribution in [-0.2, 0) is 9.59 Å². The number of fused-ring (bicyclic) bond motifs is 1. The number of hydrogen-bond acceptors (Lipinski definition) is 3. The van der Waals surface area contributed by atoms with Crippen molar-refractivity contribution in [3.8, 4) is 0 Å². The highest BCUT2D eigenvalue weighted by Crippen LogP contribution is 2.40. The van der Waals surface area contributed by atoms with Crippen LogP contribution in [0.2, 0.25) is 0 Å². The summed E-state index contributed by atoms with van der Waals surface area (Å²) in [6, 6.07) is 7.61. The number of nitrogens with zero attached hydrogens (tertiary/aromatic N) is 1. The number of imide groups is 1. The average molecular weight is 272 g/mol. The molecule has 1 saturated heterocycles. The molecule has 1 saturated carbocycles. The number of hydrogen-bond donors (Lipinski definition) is 1. The summed E-state index contributed by atoms with van der Waals surface area (Å²) in [4.78, 5) is 26.0. The molecular formula is C16H20N2O2. The molecule has 0 radical (unpaired) electrons. The molecule has 20 heavy (non-hydrogen) atoms. The van der Waals surface area contributed by atoms with E-state index in [0.717, 1.165) is 30.4 Å². The highest BCUT2D eigenvalue weighted by atomic mass is 16.2. The first kappa shape index (κ1) is 13.3. The van der Waals surface area contributed by atoms with Crippen molar-refractivity contribution in [2.45, 2.75) is 32.2 Å². The Balaban J connectivity index is 1.75. The SMILES string of the molecule is Cc1cccc(C(N)CN2C(=O)C3CCCC3C2=O)c1. The fraction of sp³-hybridized carbons (Fsp3) is 0.500. The van der Waals surface area contributed by atoms with E-state index in [0.29, 0.717) is 6.54 Å². The van der Waals surface area contributed by atoms with E-state index in [1.807, 2.05) is 31.2 Å². The third-order valence-corrected chi connectivity index (χ3v) is 4.53. The molecule has 1 aromatic carbocycles. The Hall–Kier alpha value is -1.68. The van der Waals surface area contributed by atoms with Gasteiger partial charge in [0.05, 0.1) is 11.8 Å². The van der Waals surface area contributed by atoms with Crippen LogP contribution < -0.4 is 5.73 Å². The number of nitrogens with two attached hydrogens (primary N) is 1. The normalized spacial score (nSPS) is 27.0. The minimum Gasteiger partial charge on any atom is -0.322 e. The van der Waals surface area contributed by atoms with Crippen molar-refractivity contribution in [2.24, 2.45) is 17.6 Å². The van der Waals surface area contributed by atoms with Crippen molar-refractivity contribution >= 4 is 11.8 Å². The third-order valence-electron chi connectivity index (χ3n) is 4.53. The Labute approximate surface area is 118 Å². The molecule has 2 fully saturated rings. The molecule has 1 aromatic rings. The first-order chi connectivity index (χ1) is 9.58. The number of amides is 2. The van der Waals surface area contributed by atoms with Gasteiger partial charge in [-0.1, -0.05) is 36.2 Å². The molecule has 1 aliphatic heterocycles. The monoisotopic (exact) mass is 272 g/mol. The van der Waals surface area contributed by atoms with Crippen molar-refractivity contribution < 1.29 is 9.59 Å². The van der Waals surface area contributed by atoms with Crippen molar-refractivity contribution in [1.82, 2.24) is 4.90 Å². The van der Waals surface area contributed by atoms with Gasteiger partial charge in [0.15, 0.2) is 0 Å². The molecule has 2 N–H and O–H groups in total. The second kappa shape index (κ2) is 5.02. The van der Waals surface area contributed by atoms with Gasteiger partial charge in [-0.05, 0) is 25.3 Å². The average Bonchev–Trinajstić information content (AvgIpc) is 2.99. The van der Waals surface area contributed by atoms with E-state index >= 15 is 0 Å². The lowest BCUT2D eigenvalue weighted by Gasteiger charge is -2.21. The smallest absolute Gasteiger partial charge is 0.233 e. The second-order valence-electron chi connectivity index (χ2n) is 5.95. The van der Waals surface area contributed by atoms with Crippen LogP contribution in [0.5, 0.6) is 0 Å². The van der Waals surface area contributed by atoms with Gasteiger partial charge in [-0.2, -0.15) is 0 Å². The summed E-state index contributed by atoms with van der Waals surface area (Å²) in [5, 5.41) is 0. The molecule has 2 amide bonds. The maximum atomic E-state index is 12.3. The van der Waals surface area contributed by atoms with Crippen LogP contribution in [-0.4, -0.2) is 23.3 Å². The van der Waals surface area contributed by atoms with E-state index in [2.05, 4.69) is 0 Å². The van der Waals surface area contributed by atoms with Crippen LogP contribution in [0.3, 0.4) is 0 Å². The predicted octanol–water partition coefficient (Wildman–Crippen LogP) is 1.78. The highest BCUT2D eigenvalue weighted by molar-refractivity contribution is 6.05. The topological polar surface area (TPSA) is 63.4 Å². The molecule has 0 bridgehead atoms. The van der Waals surface area contributed by atoms with E-state index in [4.69, 9.17) is 5.73 Å². The van der Waals surface area contributed by atoms with Crippen LogP contribution in [0.4, 0.5) is 0 Å². The molecule has 1 heterocycles. The summed E-state index contributed by atoms with van der Waals surface area (Å²) in [5.74, 6) is -0.180. The lowest BCUT2D eigenvalue weighted by Crippen LogP contribution is -2.37. The summed E-state index contributed by atoms with van der Waals surface area (Å²) < 4.78 is 0. The molecule has 0 aromatic heterocycles. The summed E-state index contributed by atoms with van der Waals surface area (Å²) in [7, 11) is 0. The van der Waals surface area contributed by atoms with Gasteiger partial charge in [0.1, 0.15) is 0 Å². The number of carbonyl (C=O) groups excluding carboxylic acids is 2. The Bertz CT molecular complexity index is 533. The Morgan fingerprint density at radius 3 is 2.50 bits per heavy atom.